The van der Waals surface area contributed by atoms with Crippen LogP contribution in [-0.2, 0) is 14.3 Å². The number of aliphatic imine (C=N–C) groups is 1. The largest absolute Gasteiger partial charge is 0.481 e. The summed E-state index contributed by atoms with van der Waals surface area (Å²) in [4.78, 5) is 40.6. The van der Waals surface area contributed by atoms with E-state index in [4.69, 9.17) is 15.3 Å². The monoisotopic (exact) mass is 388 g/mol. The van der Waals surface area contributed by atoms with E-state index < -0.39 is 45.4 Å². The molecule has 3 heterocycles. The van der Waals surface area contributed by atoms with Gasteiger partial charge < -0.3 is 14.9 Å². The second-order valence-electron chi connectivity index (χ2n) is 5.58. The summed E-state index contributed by atoms with van der Waals surface area (Å²) in [5.74, 6) is -1.91. The molecule has 0 bridgehead atoms. The lowest BCUT2D eigenvalue weighted by Crippen LogP contribution is -2.52. The average molecular weight is 388 g/mol. The molecule has 0 aromatic rings. The molecule has 0 aliphatic carbocycles. The second kappa shape index (κ2) is 6.94. The number of amidine groups is 1. The molecule has 3 aliphatic heterocycles. The molecule has 25 heavy (non-hydrogen) atoms. The van der Waals surface area contributed by atoms with Gasteiger partial charge in [-0.15, -0.1) is 11.8 Å². The highest BCUT2D eigenvalue weighted by Crippen LogP contribution is 2.43. The normalized spacial score (nSPS) is 33.1. The van der Waals surface area contributed by atoms with Gasteiger partial charge in [0, 0.05) is 0 Å². The average Bonchev–Trinajstić information content (AvgIpc) is 3.06. The first-order valence-corrected chi connectivity index (χ1v) is 9.32. The molecular weight excluding hydrogens is 372 g/mol. The lowest BCUT2D eigenvalue weighted by molar-refractivity contribution is -0.138. The maximum atomic E-state index is 12.4. The van der Waals surface area contributed by atoms with Crippen molar-refractivity contribution in [1.29, 1.82) is 5.41 Å². The third-order valence-electron chi connectivity index (χ3n) is 3.87. The molecule has 2 saturated heterocycles. The van der Waals surface area contributed by atoms with Crippen LogP contribution in [0.1, 0.15) is 19.8 Å². The van der Waals surface area contributed by atoms with Crippen LogP contribution >= 0.6 is 23.5 Å². The minimum absolute atomic E-state index is 0.0661. The number of hydrogen-bond donors (Lipinski definition) is 4. The quantitative estimate of drug-likeness (QED) is 0.514. The molecule has 0 radical (unpaired) electrons. The van der Waals surface area contributed by atoms with Crippen LogP contribution in [-0.4, -0.2) is 72.3 Å². The van der Waals surface area contributed by atoms with Crippen molar-refractivity contribution in [2.24, 2.45) is 4.99 Å². The standard InChI is InChI=1S/C13H16N4O6S2/c1-2-4(18)11-23-10(5(24-11)3-6(19)20)17-8-7(25-13(17)22)9(21)16-12(14)15-8/h4-5,7,10-11,18H,2-3H2,1H3,(H,19,20)(H2,14,16,21)/t4-,5-,7?,10+,11?/m0/s1. The third kappa shape index (κ3) is 3.38. The Bertz CT molecular complexity index is 671. The minimum atomic E-state index is -1.07. The van der Waals surface area contributed by atoms with Gasteiger partial charge in [-0.2, -0.15) is 4.99 Å². The predicted octanol–water partition coefficient (Wildman–Crippen LogP) is 0.0167. The molecule has 5 atom stereocenters. The van der Waals surface area contributed by atoms with Crippen LogP contribution in [0.2, 0.25) is 0 Å². The number of ether oxygens (including phenoxy) is 1. The minimum Gasteiger partial charge on any atom is -0.481 e. The summed E-state index contributed by atoms with van der Waals surface area (Å²) < 4.78 is 5.76. The number of fused-ring (bicyclic) bond motifs is 1. The molecule has 10 nitrogen and oxygen atoms in total. The first-order valence-electron chi connectivity index (χ1n) is 7.50. The number of aliphatic hydroxyl groups is 1. The van der Waals surface area contributed by atoms with Crippen molar-refractivity contribution < 1.29 is 29.3 Å². The van der Waals surface area contributed by atoms with E-state index in [-0.39, 0.29) is 18.2 Å². The summed E-state index contributed by atoms with van der Waals surface area (Å²) in [6.07, 6.45) is -1.67. The smallest absolute Gasteiger partial charge is 0.304 e. The molecular formula is C13H16N4O6S2. The highest BCUT2D eigenvalue weighted by molar-refractivity contribution is 8.16. The lowest BCUT2D eigenvalue weighted by atomic mass is 10.2. The SMILES string of the molecule is CC[C@H](O)C1O[C@@H](N2C(=O)SC3C(=O)NC(=N)N=C32)[C@H](CC(=O)O)S1. The summed E-state index contributed by atoms with van der Waals surface area (Å²) in [5, 5.41) is 26.9. The molecule has 0 spiro atoms. The zero-order chi connectivity index (χ0) is 18.3. The summed E-state index contributed by atoms with van der Waals surface area (Å²) in [7, 11) is 0. The Morgan fingerprint density at radius 3 is 2.88 bits per heavy atom. The van der Waals surface area contributed by atoms with E-state index in [0.29, 0.717) is 6.42 Å². The van der Waals surface area contributed by atoms with E-state index in [0.717, 1.165) is 28.4 Å². The summed E-state index contributed by atoms with van der Waals surface area (Å²) >= 11 is 1.88. The Labute approximate surface area is 150 Å². The molecule has 2 fully saturated rings. The van der Waals surface area contributed by atoms with Crippen LogP contribution < -0.4 is 5.32 Å². The molecule has 0 aromatic heterocycles. The van der Waals surface area contributed by atoms with Gasteiger partial charge in [0.05, 0.1) is 17.8 Å². The molecule has 3 rings (SSSR count). The Hall–Kier alpha value is -1.63. The van der Waals surface area contributed by atoms with Crippen LogP contribution in [0.5, 0.6) is 0 Å². The number of aliphatic hydroxyl groups excluding tert-OH is 1. The maximum absolute atomic E-state index is 12.4. The van der Waals surface area contributed by atoms with E-state index in [1.165, 1.54) is 0 Å². The van der Waals surface area contributed by atoms with E-state index in [2.05, 4.69) is 10.3 Å². The number of carboxylic acid groups (broad SMARTS) is 1. The second-order valence-corrected chi connectivity index (χ2v) is 7.98. The lowest BCUT2D eigenvalue weighted by Gasteiger charge is -2.28. The van der Waals surface area contributed by atoms with Gasteiger partial charge in [-0.05, 0) is 18.2 Å². The van der Waals surface area contributed by atoms with Crippen LogP contribution in [0.25, 0.3) is 0 Å². The molecule has 136 valence electrons. The van der Waals surface area contributed by atoms with Gasteiger partial charge in [-0.1, -0.05) is 6.92 Å². The molecule has 2 amide bonds. The molecule has 4 N–H and O–H groups in total. The Kier molecular flexibility index (Phi) is 5.04. The number of nitrogens with zero attached hydrogens (tertiary/aromatic N) is 2. The Morgan fingerprint density at radius 2 is 2.24 bits per heavy atom. The van der Waals surface area contributed by atoms with Crippen LogP contribution in [0.15, 0.2) is 4.99 Å². The molecule has 2 unspecified atom stereocenters. The summed E-state index contributed by atoms with van der Waals surface area (Å²) in [6, 6.07) is 0. The maximum Gasteiger partial charge on any atom is 0.304 e. The predicted molar refractivity (Wildman–Crippen MR) is 90.5 cm³/mol. The molecule has 0 aromatic carbocycles. The zero-order valence-corrected chi connectivity index (χ0v) is 14.7. The fourth-order valence-electron chi connectivity index (χ4n) is 2.69. The Balaban J connectivity index is 1.91. The molecule has 12 heteroatoms. The Morgan fingerprint density at radius 1 is 1.52 bits per heavy atom. The summed E-state index contributed by atoms with van der Waals surface area (Å²) in [6.45, 7) is 1.76. The van der Waals surface area contributed by atoms with Gasteiger partial charge in [0.2, 0.25) is 11.9 Å². The number of carbonyl (C=O) groups is 3. The van der Waals surface area contributed by atoms with Crippen molar-refractivity contribution in [3.8, 4) is 0 Å². The highest BCUT2D eigenvalue weighted by Gasteiger charge is 2.53. The number of hydrogen-bond acceptors (Lipinski definition) is 8. The van der Waals surface area contributed by atoms with E-state index in [9.17, 15) is 19.5 Å². The first kappa shape index (κ1) is 18.2. The van der Waals surface area contributed by atoms with Crippen molar-refractivity contribution in [3.05, 3.63) is 0 Å². The van der Waals surface area contributed by atoms with Crippen molar-refractivity contribution >= 4 is 52.4 Å². The number of thioether (sulfide) groups is 2. The number of aliphatic carboxylic acids is 1. The van der Waals surface area contributed by atoms with Gasteiger partial charge >= 0.3 is 5.97 Å². The number of rotatable bonds is 5. The zero-order valence-electron chi connectivity index (χ0n) is 13.0. The van der Waals surface area contributed by atoms with Gasteiger partial charge in [0.15, 0.2) is 11.5 Å². The number of guanidine groups is 1. The third-order valence-corrected chi connectivity index (χ3v) is 6.37. The van der Waals surface area contributed by atoms with Crippen molar-refractivity contribution in [1.82, 2.24) is 10.2 Å². The van der Waals surface area contributed by atoms with Crippen LogP contribution in [0.4, 0.5) is 4.79 Å². The van der Waals surface area contributed by atoms with Crippen LogP contribution in [0.3, 0.4) is 0 Å². The van der Waals surface area contributed by atoms with Crippen LogP contribution in [0, 0.1) is 5.41 Å². The summed E-state index contributed by atoms with van der Waals surface area (Å²) in [5.41, 5.74) is -0.686. The number of carboxylic acids is 1. The van der Waals surface area contributed by atoms with Crippen molar-refractivity contribution in [3.63, 3.8) is 0 Å². The topological polar surface area (TPSA) is 152 Å². The number of nitrogens with one attached hydrogen (secondary N) is 2. The first-order chi connectivity index (χ1) is 11.8. The molecule has 3 aliphatic rings. The van der Waals surface area contributed by atoms with Crippen molar-refractivity contribution in [2.45, 2.75) is 48.0 Å². The van der Waals surface area contributed by atoms with E-state index >= 15 is 0 Å². The molecule has 0 saturated carbocycles. The fraction of sp³-hybridized carbons (Fsp3) is 0.615. The van der Waals surface area contributed by atoms with Gasteiger partial charge in [0.1, 0.15) is 11.3 Å². The van der Waals surface area contributed by atoms with Gasteiger partial charge in [0.25, 0.3) is 5.24 Å². The fourth-order valence-corrected chi connectivity index (χ4v) is 5.10. The number of carbonyl (C=O) groups excluding carboxylic acids is 2. The van der Waals surface area contributed by atoms with Gasteiger partial charge in [-0.3, -0.25) is 30.0 Å². The van der Waals surface area contributed by atoms with Gasteiger partial charge in [-0.25, -0.2) is 0 Å². The number of amides is 2. The van der Waals surface area contributed by atoms with Crippen molar-refractivity contribution in [2.75, 3.05) is 0 Å². The van der Waals surface area contributed by atoms with E-state index in [1.54, 1.807) is 6.92 Å². The van der Waals surface area contributed by atoms with E-state index in [1.807, 2.05) is 0 Å². The highest BCUT2D eigenvalue weighted by atomic mass is 32.2.